The van der Waals surface area contributed by atoms with Crippen LogP contribution in [-0.4, -0.2) is 39.5 Å². The van der Waals surface area contributed by atoms with Gasteiger partial charge in [0, 0.05) is 37.0 Å². The number of nitrogens with zero attached hydrogens (tertiary/aromatic N) is 1. The van der Waals surface area contributed by atoms with Crippen LogP contribution < -0.4 is 5.73 Å². The third-order valence-electron chi connectivity index (χ3n) is 2.35. The fourth-order valence-corrected chi connectivity index (χ4v) is 3.94. The molecule has 0 radical (unpaired) electrons. The van der Waals surface area contributed by atoms with Crippen LogP contribution in [0, 0.1) is 0 Å². The Morgan fingerprint density at radius 1 is 1.61 bits per heavy atom. The van der Waals surface area contributed by atoms with E-state index >= 15 is 0 Å². The Labute approximate surface area is 112 Å². The maximum Gasteiger partial charge on any atom is 0.244 e. The van der Waals surface area contributed by atoms with Gasteiger partial charge in [-0.2, -0.15) is 4.31 Å². The number of rotatable bonds is 8. The van der Waals surface area contributed by atoms with Gasteiger partial charge in [-0.3, -0.25) is 0 Å². The lowest BCUT2D eigenvalue weighted by Gasteiger charge is -2.19. The Morgan fingerprint density at radius 2 is 2.33 bits per heavy atom. The highest BCUT2D eigenvalue weighted by Gasteiger charge is 2.24. The average molecular weight is 290 g/mol. The van der Waals surface area contributed by atoms with E-state index in [9.17, 15) is 8.42 Å². The molecule has 0 aliphatic rings. The summed E-state index contributed by atoms with van der Waals surface area (Å²) in [6.07, 6.45) is 1.56. The van der Waals surface area contributed by atoms with Crippen molar-refractivity contribution in [1.29, 1.82) is 0 Å². The lowest BCUT2D eigenvalue weighted by atomic mass is 10.5. The Morgan fingerprint density at radius 3 is 2.83 bits per heavy atom. The highest BCUT2D eigenvalue weighted by atomic mass is 32.2. The molecule has 0 aromatic carbocycles. The van der Waals surface area contributed by atoms with E-state index in [0.29, 0.717) is 19.7 Å². The topological polar surface area (TPSA) is 72.6 Å². The lowest BCUT2D eigenvalue weighted by molar-refractivity contribution is 0.182. The first kappa shape index (κ1) is 15.3. The zero-order valence-corrected chi connectivity index (χ0v) is 12.0. The fraction of sp³-hybridized carbons (Fsp3) is 0.455. The van der Waals surface area contributed by atoms with Crippen molar-refractivity contribution in [3.8, 4) is 0 Å². The van der Waals surface area contributed by atoms with Gasteiger partial charge in [0.2, 0.25) is 10.0 Å². The number of hydrogen-bond acceptors (Lipinski definition) is 5. The third-order valence-corrected chi connectivity index (χ3v) is 5.30. The summed E-state index contributed by atoms with van der Waals surface area (Å²) >= 11 is 1.35. The standard InChI is InChI=1S/C11H18N2O3S2/c1-3-4-13(5-6-16-2)18(14,15)11-7-10(8-12)17-9-11/h3,7,9H,1,4-6,8,12H2,2H3. The summed E-state index contributed by atoms with van der Waals surface area (Å²) in [5, 5.41) is 1.61. The number of methoxy groups -OCH3 is 1. The summed E-state index contributed by atoms with van der Waals surface area (Å²) in [4.78, 5) is 1.13. The monoisotopic (exact) mass is 290 g/mol. The molecule has 0 aliphatic heterocycles. The molecule has 0 atom stereocenters. The van der Waals surface area contributed by atoms with E-state index in [1.165, 1.54) is 22.8 Å². The second kappa shape index (κ2) is 7.01. The molecule has 0 fully saturated rings. The van der Waals surface area contributed by atoms with Crippen LogP contribution in [0.4, 0.5) is 0 Å². The minimum atomic E-state index is -3.49. The van der Waals surface area contributed by atoms with Gasteiger partial charge in [0.25, 0.3) is 0 Å². The Hall–Kier alpha value is -0.730. The number of nitrogens with two attached hydrogens (primary N) is 1. The van der Waals surface area contributed by atoms with Crippen molar-refractivity contribution >= 4 is 21.4 Å². The van der Waals surface area contributed by atoms with Crippen LogP contribution in [0.15, 0.2) is 29.0 Å². The van der Waals surface area contributed by atoms with E-state index in [0.717, 1.165) is 4.88 Å². The molecule has 18 heavy (non-hydrogen) atoms. The van der Waals surface area contributed by atoms with Crippen molar-refractivity contribution < 1.29 is 13.2 Å². The van der Waals surface area contributed by atoms with E-state index in [1.54, 1.807) is 17.5 Å². The number of ether oxygens (including phenoxy) is 1. The molecule has 0 saturated heterocycles. The first-order valence-electron chi connectivity index (χ1n) is 5.43. The van der Waals surface area contributed by atoms with Crippen molar-refractivity contribution in [3.05, 3.63) is 29.0 Å². The molecule has 2 N–H and O–H groups in total. The maximum absolute atomic E-state index is 12.3. The molecule has 1 heterocycles. The lowest BCUT2D eigenvalue weighted by Crippen LogP contribution is -2.33. The highest BCUT2D eigenvalue weighted by molar-refractivity contribution is 7.89. The molecular formula is C11H18N2O3S2. The first-order valence-corrected chi connectivity index (χ1v) is 7.75. The van der Waals surface area contributed by atoms with Gasteiger partial charge in [0.05, 0.1) is 11.5 Å². The van der Waals surface area contributed by atoms with Crippen LogP contribution in [0.3, 0.4) is 0 Å². The van der Waals surface area contributed by atoms with E-state index in [-0.39, 0.29) is 11.4 Å². The summed E-state index contributed by atoms with van der Waals surface area (Å²) < 4.78 is 30.9. The van der Waals surface area contributed by atoms with Crippen LogP contribution in [-0.2, 0) is 21.3 Å². The van der Waals surface area contributed by atoms with Gasteiger partial charge in [-0.25, -0.2) is 8.42 Å². The largest absolute Gasteiger partial charge is 0.383 e. The van der Waals surface area contributed by atoms with Crippen molar-refractivity contribution in [3.63, 3.8) is 0 Å². The third kappa shape index (κ3) is 3.63. The second-order valence-corrected chi connectivity index (χ2v) is 6.53. The van der Waals surface area contributed by atoms with Gasteiger partial charge in [0.1, 0.15) is 0 Å². The molecule has 5 nitrogen and oxygen atoms in total. The molecule has 0 aliphatic carbocycles. The number of hydrogen-bond donors (Lipinski definition) is 1. The zero-order valence-electron chi connectivity index (χ0n) is 10.3. The first-order chi connectivity index (χ1) is 8.56. The molecule has 0 amide bonds. The molecule has 0 unspecified atom stereocenters. The predicted molar refractivity (Wildman–Crippen MR) is 73.0 cm³/mol. The summed E-state index contributed by atoms with van der Waals surface area (Å²) in [6, 6.07) is 1.61. The molecule has 7 heteroatoms. The Balaban J connectivity index is 2.96. The van der Waals surface area contributed by atoms with E-state index in [1.807, 2.05) is 0 Å². The molecular weight excluding hydrogens is 272 g/mol. The van der Waals surface area contributed by atoms with Gasteiger partial charge in [0.15, 0.2) is 0 Å². The van der Waals surface area contributed by atoms with Crippen LogP contribution in [0.5, 0.6) is 0 Å². The van der Waals surface area contributed by atoms with Crippen LogP contribution in [0.1, 0.15) is 4.88 Å². The van der Waals surface area contributed by atoms with Crippen LogP contribution in [0.25, 0.3) is 0 Å². The number of sulfonamides is 1. The molecule has 1 aromatic heterocycles. The van der Waals surface area contributed by atoms with Crippen LogP contribution >= 0.6 is 11.3 Å². The Kier molecular flexibility index (Phi) is 5.97. The smallest absolute Gasteiger partial charge is 0.244 e. The molecule has 1 aromatic rings. The molecule has 1 rings (SSSR count). The van der Waals surface area contributed by atoms with Crippen molar-refractivity contribution in [1.82, 2.24) is 4.31 Å². The van der Waals surface area contributed by atoms with E-state index in [4.69, 9.17) is 10.5 Å². The van der Waals surface area contributed by atoms with Crippen molar-refractivity contribution in [2.45, 2.75) is 11.4 Å². The second-order valence-electron chi connectivity index (χ2n) is 3.60. The van der Waals surface area contributed by atoms with E-state index in [2.05, 4.69) is 6.58 Å². The van der Waals surface area contributed by atoms with Gasteiger partial charge in [-0.1, -0.05) is 6.08 Å². The maximum atomic E-state index is 12.3. The average Bonchev–Trinajstić information content (AvgIpc) is 2.83. The minimum absolute atomic E-state index is 0.263. The highest BCUT2D eigenvalue weighted by Crippen LogP contribution is 2.22. The fourth-order valence-electron chi connectivity index (χ4n) is 1.40. The Bertz CT molecular complexity index is 482. The van der Waals surface area contributed by atoms with Crippen molar-refractivity contribution in [2.24, 2.45) is 5.73 Å². The SMILES string of the molecule is C=CCN(CCOC)S(=O)(=O)c1csc(CN)c1. The van der Waals surface area contributed by atoms with Gasteiger partial charge in [-0.05, 0) is 6.07 Å². The molecule has 0 bridgehead atoms. The summed E-state index contributed by atoms with van der Waals surface area (Å²) in [5.41, 5.74) is 5.49. The summed E-state index contributed by atoms with van der Waals surface area (Å²) in [7, 11) is -1.95. The minimum Gasteiger partial charge on any atom is -0.383 e. The van der Waals surface area contributed by atoms with E-state index < -0.39 is 10.0 Å². The van der Waals surface area contributed by atoms with Crippen molar-refractivity contribution in [2.75, 3.05) is 26.8 Å². The molecule has 0 saturated carbocycles. The van der Waals surface area contributed by atoms with Gasteiger partial charge in [-0.15, -0.1) is 17.9 Å². The summed E-state index contributed by atoms with van der Waals surface area (Å²) in [6.45, 7) is 4.84. The van der Waals surface area contributed by atoms with Gasteiger partial charge < -0.3 is 10.5 Å². The predicted octanol–water partition coefficient (Wildman–Crippen LogP) is 1.03. The molecule has 102 valence electrons. The summed E-state index contributed by atoms with van der Waals surface area (Å²) in [5.74, 6) is 0. The number of thiophene rings is 1. The molecule has 0 spiro atoms. The zero-order chi connectivity index (χ0) is 13.6. The van der Waals surface area contributed by atoms with Crippen LogP contribution in [0.2, 0.25) is 0 Å². The quantitative estimate of drug-likeness (QED) is 0.726. The van der Waals surface area contributed by atoms with Gasteiger partial charge >= 0.3 is 0 Å². The normalized spacial score (nSPS) is 11.9.